The SMILES string of the molecule is Cc1ccc(N2C(c3ccc(Cl)cc3)Oc3c(c(=O)oc4ccccc34)C2c2ccc(Cl)cc2)cc1. The quantitative estimate of drug-likeness (QED) is 0.228. The minimum absolute atomic E-state index is 0.435. The van der Waals surface area contributed by atoms with Gasteiger partial charge in [-0.05, 0) is 61.0 Å². The van der Waals surface area contributed by atoms with Crippen molar-refractivity contribution < 1.29 is 9.15 Å². The van der Waals surface area contributed by atoms with Crippen LogP contribution < -0.4 is 15.3 Å². The molecule has 0 saturated carbocycles. The Kier molecular flexibility index (Phi) is 5.71. The van der Waals surface area contributed by atoms with E-state index < -0.39 is 17.9 Å². The lowest BCUT2D eigenvalue weighted by molar-refractivity contribution is 0.169. The van der Waals surface area contributed by atoms with Crippen molar-refractivity contribution in [3.8, 4) is 5.75 Å². The largest absolute Gasteiger partial charge is 0.465 e. The van der Waals surface area contributed by atoms with E-state index in [2.05, 4.69) is 4.90 Å². The molecule has 2 atom stereocenters. The zero-order chi connectivity index (χ0) is 24.8. The van der Waals surface area contributed by atoms with E-state index in [9.17, 15) is 4.79 Å². The fraction of sp³-hybridized carbons (Fsp3) is 0.100. The Morgan fingerprint density at radius 1 is 0.750 bits per heavy atom. The highest BCUT2D eigenvalue weighted by molar-refractivity contribution is 6.30. The van der Waals surface area contributed by atoms with Gasteiger partial charge >= 0.3 is 5.63 Å². The number of nitrogens with zero attached hydrogens (tertiary/aromatic N) is 1. The molecule has 1 aliphatic rings. The first-order valence-corrected chi connectivity index (χ1v) is 12.3. The van der Waals surface area contributed by atoms with Crippen LogP contribution in [0.5, 0.6) is 5.75 Å². The summed E-state index contributed by atoms with van der Waals surface area (Å²) in [5.41, 5.74) is 4.33. The molecular formula is C30H21Cl2NO3. The zero-order valence-corrected chi connectivity index (χ0v) is 20.8. The van der Waals surface area contributed by atoms with Crippen LogP contribution in [0.1, 0.15) is 34.5 Å². The van der Waals surface area contributed by atoms with E-state index in [1.165, 1.54) is 0 Å². The Morgan fingerprint density at radius 2 is 1.36 bits per heavy atom. The van der Waals surface area contributed by atoms with Gasteiger partial charge in [-0.3, -0.25) is 0 Å². The molecule has 36 heavy (non-hydrogen) atoms. The number of anilines is 1. The van der Waals surface area contributed by atoms with Crippen LogP contribution in [0, 0.1) is 6.92 Å². The van der Waals surface area contributed by atoms with Gasteiger partial charge in [-0.15, -0.1) is 0 Å². The molecule has 4 aromatic carbocycles. The lowest BCUT2D eigenvalue weighted by atomic mass is 9.92. The van der Waals surface area contributed by atoms with Gasteiger partial charge in [0.1, 0.15) is 16.9 Å². The second-order valence-corrected chi connectivity index (χ2v) is 9.72. The standard InChI is InChI=1S/C30H21Cl2NO3/c1-18-6-16-23(17-7-18)33-27(19-8-12-21(31)13-9-19)26-28(24-4-2-3-5-25(24)35-30(26)34)36-29(33)20-10-14-22(32)15-11-20/h2-17,27,29H,1H3. The molecule has 2 unspecified atom stereocenters. The first kappa shape index (κ1) is 22.7. The van der Waals surface area contributed by atoms with Crippen molar-refractivity contribution in [1.29, 1.82) is 0 Å². The number of para-hydroxylation sites is 1. The van der Waals surface area contributed by atoms with E-state index in [0.29, 0.717) is 26.9 Å². The number of benzene rings is 4. The second kappa shape index (κ2) is 9.05. The van der Waals surface area contributed by atoms with E-state index in [4.69, 9.17) is 32.4 Å². The summed E-state index contributed by atoms with van der Waals surface area (Å²) in [5.74, 6) is 0.519. The fourth-order valence-corrected chi connectivity index (χ4v) is 5.02. The van der Waals surface area contributed by atoms with Gasteiger partial charge in [0.05, 0.1) is 11.4 Å². The maximum absolute atomic E-state index is 13.5. The number of rotatable bonds is 3. The monoisotopic (exact) mass is 513 g/mol. The summed E-state index contributed by atoms with van der Waals surface area (Å²) in [6.07, 6.45) is -0.539. The number of ether oxygens (including phenoxy) is 1. The molecule has 2 heterocycles. The minimum Gasteiger partial charge on any atom is -0.465 e. The van der Waals surface area contributed by atoms with Gasteiger partial charge in [0, 0.05) is 21.3 Å². The summed E-state index contributed by atoms with van der Waals surface area (Å²) in [6, 6.07) is 30.3. The lowest BCUT2D eigenvalue weighted by Gasteiger charge is -2.44. The van der Waals surface area contributed by atoms with Crippen LogP contribution in [0.15, 0.2) is 106 Å². The first-order valence-electron chi connectivity index (χ1n) is 11.6. The molecule has 0 bridgehead atoms. The third-order valence-electron chi connectivity index (χ3n) is 6.51. The topological polar surface area (TPSA) is 42.7 Å². The van der Waals surface area contributed by atoms with Gasteiger partial charge in [0.2, 0.25) is 0 Å². The normalized spacial score (nSPS) is 17.0. The van der Waals surface area contributed by atoms with E-state index in [-0.39, 0.29) is 0 Å². The Balaban J connectivity index is 1.68. The number of fused-ring (bicyclic) bond motifs is 3. The summed E-state index contributed by atoms with van der Waals surface area (Å²) >= 11 is 12.5. The van der Waals surface area contributed by atoms with Crippen molar-refractivity contribution in [1.82, 2.24) is 0 Å². The molecule has 6 rings (SSSR count). The maximum Gasteiger partial charge on any atom is 0.345 e. The van der Waals surface area contributed by atoms with Gasteiger partial charge in [-0.1, -0.05) is 77.3 Å². The fourth-order valence-electron chi connectivity index (χ4n) is 4.77. The Bertz CT molecular complexity index is 1610. The lowest BCUT2D eigenvalue weighted by Crippen LogP contribution is -2.42. The Labute approximate surface area is 218 Å². The molecule has 0 spiro atoms. The average molecular weight is 514 g/mol. The molecule has 6 heteroatoms. The van der Waals surface area contributed by atoms with Crippen LogP contribution in [0.4, 0.5) is 5.69 Å². The number of aryl methyl sites for hydroxylation is 1. The van der Waals surface area contributed by atoms with Crippen LogP contribution in [0.3, 0.4) is 0 Å². The van der Waals surface area contributed by atoms with E-state index in [1.54, 1.807) is 6.07 Å². The number of hydrogen-bond acceptors (Lipinski definition) is 4. The van der Waals surface area contributed by atoms with Gasteiger partial charge in [-0.25, -0.2) is 4.79 Å². The summed E-state index contributed by atoms with van der Waals surface area (Å²) in [4.78, 5) is 15.6. The van der Waals surface area contributed by atoms with Crippen molar-refractivity contribution >= 4 is 39.9 Å². The van der Waals surface area contributed by atoms with Crippen LogP contribution in [-0.2, 0) is 0 Å². The van der Waals surface area contributed by atoms with Crippen LogP contribution in [0.2, 0.25) is 10.0 Å². The summed E-state index contributed by atoms with van der Waals surface area (Å²) in [6.45, 7) is 2.04. The number of halogens is 2. The second-order valence-electron chi connectivity index (χ2n) is 8.85. The van der Waals surface area contributed by atoms with Crippen LogP contribution >= 0.6 is 23.2 Å². The van der Waals surface area contributed by atoms with Crippen LogP contribution in [-0.4, -0.2) is 0 Å². The molecular weight excluding hydrogens is 493 g/mol. The van der Waals surface area contributed by atoms with Gasteiger partial charge in [0.15, 0.2) is 6.23 Å². The summed E-state index contributed by atoms with van der Waals surface area (Å²) in [7, 11) is 0. The molecule has 4 nitrogen and oxygen atoms in total. The molecule has 1 aliphatic heterocycles. The van der Waals surface area contributed by atoms with Gasteiger partial charge in [0.25, 0.3) is 0 Å². The smallest absolute Gasteiger partial charge is 0.345 e. The first-order chi connectivity index (χ1) is 17.5. The Hall–Kier alpha value is -3.73. The third-order valence-corrected chi connectivity index (χ3v) is 7.01. The molecule has 0 aliphatic carbocycles. The molecule has 5 aromatic rings. The molecule has 0 saturated heterocycles. The highest BCUT2D eigenvalue weighted by atomic mass is 35.5. The minimum atomic E-state index is -0.539. The maximum atomic E-state index is 13.5. The summed E-state index contributed by atoms with van der Waals surface area (Å²) in [5, 5.41) is 2.00. The van der Waals surface area contributed by atoms with Crippen molar-refractivity contribution in [2.45, 2.75) is 19.2 Å². The highest BCUT2D eigenvalue weighted by Crippen LogP contribution is 2.49. The highest BCUT2D eigenvalue weighted by Gasteiger charge is 2.41. The van der Waals surface area contributed by atoms with Crippen LogP contribution in [0.25, 0.3) is 11.0 Å². The average Bonchev–Trinajstić information content (AvgIpc) is 2.89. The van der Waals surface area contributed by atoms with E-state index in [1.807, 2.05) is 97.9 Å². The van der Waals surface area contributed by atoms with E-state index >= 15 is 0 Å². The van der Waals surface area contributed by atoms with Gasteiger partial charge in [-0.2, -0.15) is 0 Å². The molecule has 0 fully saturated rings. The zero-order valence-electron chi connectivity index (χ0n) is 19.3. The third kappa shape index (κ3) is 3.93. The summed E-state index contributed by atoms with van der Waals surface area (Å²) < 4.78 is 12.5. The predicted molar refractivity (Wildman–Crippen MR) is 144 cm³/mol. The predicted octanol–water partition coefficient (Wildman–Crippen LogP) is 8.10. The van der Waals surface area contributed by atoms with Crippen molar-refractivity contribution in [3.63, 3.8) is 0 Å². The molecule has 0 N–H and O–H groups in total. The molecule has 0 radical (unpaired) electrons. The van der Waals surface area contributed by atoms with Crippen molar-refractivity contribution in [2.24, 2.45) is 0 Å². The van der Waals surface area contributed by atoms with E-state index in [0.717, 1.165) is 27.8 Å². The molecule has 0 amide bonds. The van der Waals surface area contributed by atoms with Gasteiger partial charge < -0.3 is 14.1 Å². The molecule has 1 aromatic heterocycles. The van der Waals surface area contributed by atoms with Crippen molar-refractivity contribution in [3.05, 3.63) is 140 Å². The van der Waals surface area contributed by atoms with Crippen molar-refractivity contribution in [2.75, 3.05) is 4.90 Å². The Morgan fingerprint density at radius 3 is 2.03 bits per heavy atom. The molecule has 178 valence electrons. The number of hydrogen-bond donors (Lipinski definition) is 0.